The summed E-state index contributed by atoms with van der Waals surface area (Å²) in [6.07, 6.45) is 0.365. The number of aryl methyl sites for hydroxylation is 2. The lowest BCUT2D eigenvalue weighted by Gasteiger charge is -2.13. The molecule has 3 N–H and O–H groups in total. The summed E-state index contributed by atoms with van der Waals surface area (Å²) in [5, 5.41) is 18.8. The molecule has 8 heteroatoms. The van der Waals surface area contributed by atoms with Gasteiger partial charge in [0.2, 0.25) is 5.91 Å². The number of hydrogen-bond donors (Lipinski definition) is 3. The number of nitrogens with zero attached hydrogens (tertiary/aromatic N) is 1. The Kier molecular flexibility index (Phi) is 11.7. The Labute approximate surface area is 204 Å². The molecule has 0 spiro atoms. The second-order valence-electron chi connectivity index (χ2n) is 8.11. The van der Waals surface area contributed by atoms with E-state index in [2.05, 4.69) is 34.9 Å². The lowest BCUT2D eigenvalue weighted by atomic mass is 10.1. The van der Waals surface area contributed by atoms with Gasteiger partial charge in [0.1, 0.15) is 17.3 Å². The van der Waals surface area contributed by atoms with Crippen molar-refractivity contribution in [3.63, 3.8) is 0 Å². The maximum atomic E-state index is 12.2. The fourth-order valence-electron chi connectivity index (χ4n) is 3.32. The highest BCUT2D eigenvalue weighted by Crippen LogP contribution is 2.18. The van der Waals surface area contributed by atoms with Crippen molar-refractivity contribution in [2.75, 3.05) is 13.1 Å². The van der Waals surface area contributed by atoms with Gasteiger partial charge in [-0.3, -0.25) is 4.79 Å². The Balaban J connectivity index is 0.000000402. The summed E-state index contributed by atoms with van der Waals surface area (Å²) in [6, 6.07) is 18.4. The van der Waals surface area contributed by atoms with Gasteiger partial charge in [-0.25, -0.2) is 8.78 Å². The van der Waals surface area contributed by atoms with E-state index in [1.54, 1.807) is 31.2 Å². The first-order chi connectivity index (χ1) is 16.8. The molecule has 0 aliphatic carbocycles. The second kappa shape index (κ2) is 14.7. The van der Waals surface area contributed by atoms with Crippen LogP contribution in [0.3, 0.4) is 0 Å². The maximum Gasteiger partial charge on any atom is 0.224 e. The van der Waals surface area contributed by atoms with Gasteiger partial charge >= 0.3 is 0 Å². The number of hydrogen-bond acceptors (Lipinski definition) is 5. The molecule has 0 aromatic heterocycles. The van der Waals surface area contributed by atoms with Gasteiger partial charge in [-0.05, 0) is 59.0 Å². The van der Waals surface area contributed by atoms with Crippen molar-refractivity contribution in [1.82, 2.24) is 10.6 Å². The van der Waals surface area contributed by atoms with Gasteiger partial charge in [-0.2, -0.15) is 0 Å². The summed E-state index contributed by atoms with van der Waals surface area (Å²) in [6.45, 7) is 4.95. The van der Waals surface area contributed by atoms with Gasteiger partial charge in [0.15, 0.2) is 0 Å². The van der Waals surface area contributed by atoms with Crippen LogP contribution in [0.5, 0.6) is 0 Å². The molecule has 35 heavy (non-hydrogen) atoms. The lowest BCUT2D eigenvalue weighted by Crippen LogP contribution is -2.38. The van der Waals surface area contributed by atoms with Gasteiger partial charge in [0.25, 0.3) is 0 Å². The topological polar surface area (TPSA) is 90.8 Å². The van der Waals surface area contributed by atoms with Crippen molar-refractivity contribution >= 4 is 11.6 Å². The lowest BCUT2D eigenvalue weighted by molar-refractivity contribution is -0.120. The first-order valence-corrected chi connectivity index (χ1v) is 11.4. The molecule has 6 nitrogen and oxygen atoms in total. The molecule has 0 aliphatic rings. The summed E-state index contributed by atoms with van der Waals surface area (Å²) in [4.78, 5) is 22.7. The Morgan fingerprint density at radius 2 is 1.66 bits per heavy atom. The van der Waals surface area contributed by atoms with Gasteiger partial charge in [-0.15, -0.1) is 4.91 Å². The van der Waals surface area contributed by atoms with Crippen molar-refractivity contribution in [1.29, 1.82) is 0 Å². The van der Waals surface area contributed by atoms with Crippen LogP contribution in [0.15, 0.2) is 71.9 Å². The van der Waals surface area contributed by atoms with Gasteiger partial charge < -0.3 is 15.7 Å². The fourth-order valence-corrected chi connectivity index (χ4v) is 3.32. The van der Waals surface area contributed by atoms with E-state index in [-0.39, 0.29) is 24.6 Å². The predicted octanol–water partition coefficient (Wildman–Crippen LogP) is 4.73. The third-order valence-electron chi connectivity index (χ3n) is 5.09. The van der Waals surface area contributed by atoms with Gasteiger partial charge in [0.05, 0.1) is 12.5 Å². The third-order valence-corrected chi connectivity index (χ3v) is 5.09. The first kappa shape index (κ1) is 27.8. The zero-order valence-electron chi connectivity index (χ0n) is 19.9. The molecule has 3 aromatic rings. The highest BCUT2D eigenvalue weighted by molar-refractivity contribution is 5.80. The average Bonchev–Trinajstić information content (AvgIpc) is 2.83. The van der Waals surface area contributed by atoms with E-state index in [0.29, 0.717) is 24.2 Å². The summed E-state index contributed by atoms with van der Waals surface area (Å²) in [5.74, 6) is -1.30. The number of nitroso groups, excluding NO2 is 1. The van der Waals surface area contributed by atoms with Crippen LogP contribution < -0.4 is 10.6 Å². The monoisotopic (exact) mass is 483 g/mol. The molecule has 186 valence electrons. The Morgan fingerprint density at radius 1 is 0.971 bits per heavy atom. The normalized spacial score (nSPS) is 11.2. The molecule has 0 radical (unpaired) electrons. The number of aliphatic hydroxyl groups is 1. The summed E-state index contributed by atoms with van der Waals surface area (Å²) < 4.78 is 24.4. The molecule has 1 unspecified atom stereocenters. The number of amides is 1. The van der Waals surface area contributed by atoms with Crippen LogP contribution in [0.4, 0.5) is 14.5 Å². The first-order valence-electron chi connectivity index (χ1n) is 11.4. The Hall–Kier alpha value is -3.49. The minimum absolute atomic E-state index is 0.0614. The second-order valence-corrected chi connectivity index (χ2v) is 8.11. The number of halogens is 2. The molecule has 1 amide bonds. The molecular weight excluding hydrogens is 452 g/mol. The summed E-state index contributed by atoms with van der Waals surface area (Å²) in [5.41, 5.74) is 3.89. The number of nitrogens with one attached hydrogen (secondary N) is 2. The van der Waals surface area contributed by atoms with E-state index >= 15 is 0 Å². The fraction of sp³-hybridized carbons (Fsp3) is 0.296. The van der Waals surface area contributed by atoms with Crippen LogP contribution in [0.1, 0.15) is 29.2 Å². The molecule has 1 atom stereocenters. The average molecular weight is 484 g/mol. The molecule has 0 saturated carbocycles. The van der Waals surface area contributed by atoms with Crippen LogP contribution in [0.25, 0.3) is 0 Å². The van der Waals surface area contributed by atoms with E-state index in [9.17, 15) is 23.6 Å². The van der Waals surface area contributed by atoms with E-state index < -0.39 is 17.7 Å². The van der Waals surface area contributed by atoms with Crippen LogP contribution in [-0.2, 0) is 24.2 Å². The van der Waals surface area contributed by atoms with E-state index in [1.807, 2.05) is 12.1 Å². The van der Waals surface area contributed by atoms with Crippen molar-refractivity contribution < 1.29 is 18.7 Å². The van der Waals surface area contributed by atoms with Crippen molar-refractivity contribution in [3.05, 3.63) is 106 Å². The number of carbonyl (C=O) groups is 1. The maximum absolute atomic E-state index is 12.2. The highest BCUT2D eigenvalue weighted by Gasteiger charge is 2.10. The molecule has 0 heterocycles. The van der Waals surface area contributed by atoms with Gasteiger partial charge in [-0.1, -0.05) is 49.4 Å². The SMILES string of the molecule is CCc1cccc(CNCC(O)CNC(=O)Cc2ccccc2N=O)c1.Cc1cc(F)cc(F)c1. The van der Waals surface area contributed by atoms with E-state index in [4.69, 9.17) is 0 Å². The van der Waals surface area contributed by atoms with Gasteiger partial charge in [0, 0.05) is 25.7 Å². The van der Waals surface area contributed by atoms with Crippen LogP contribution in [0.2, 0.25) is 0 Å². The largest absolute Gasteiger partial charge is 0.390 e. The highest BCUT2D eigenvalue weighted by atomic mass is 19.1. The van der Waals surface area contributed by atoms with Crippen LogP contribution in [0, 0.1) is 23.5 Å². The minimum atomic E-state index is -0.687. The molecule has 0 saturated heterocycles. The van der Waals surface area contributed by atoms with E-state index in [1.165, 1.54) is 23.3 Å². The van der Waals surface area contributed by atoms with Crippen molar-refractivity contribution in [3.8, 4) is 0 Å². The number of benzene rings is 3. The standard InChI is InChI=1S/C20H25N3O3.C7H6F2/c1-2-15-6-5-7-16(10-15)12-21-13-18(24)14-22-20(25)11-17-8-3-4-9-19(17)23-26;1-5-2-6(8)4-7(9)3-5/h3-10,18,21,24H,2,11-14H2,1H3,(H,22,25);2-4H,1H3. The third kappa shape index (κ3) is 10.5. The molecule has 0 bridgehead atoms. The summed E-state index contributed by atoms with van der Waals surface area (Å²) in [7, 11) is 0. The number of rotatable bonds is 10. The zero-order valence-corrected chi connectivity index (χ0v) is 19.9. The van der Waals surface area contributed by atoms with Crippen LogP contribution >= 0.6 is 0 Å². The quantitative estimate of drug-likeness (QED) is 0.364. The van der Waals surface area contributed by atoms with E-state index in [0.717, 1.165) is 12.5 Å². The number of aliphatic hydroxyl groups excluding tert-OH is 1. The molecule has 0 fully saturated rings. The molecule has 0 aliphatic heterocycles. The molecule has 3 aromatic carbocycles. The summed E-state index contributed by atoms with van der Waals surface area (Å²) >= 11 is 0. The molecular formula is C27H31F2N3O3. The zero-order chi connectivity index (χ0) is 25.6. The van der Waals surface area contributed by atoms with Crippen molar-refractivity contribution in [2.45, 2.75) is 39.3 Å². The molecule has 3 rings (SSSR count). The smallest absolute Gasteiger partial charge is 0.224 e. The Morgan fingerprint density at radius 3 is 2.31 bits per heavy atom. The van der Waals surface area contributed by atoms with Crippen molar-refractivity contribution in [2.24, 2.45) is 5.18 Å². The number of carbonyl (C=O) groups excluding carboxylic acids is 1. The van der Waals surface area contributed by atoms with Crippen LogP contribution in [-0.4, -0.2) is 30.2 Å². The Bertz CT molecular complexity index is 1060. The predicted molar refractivity (Wildman–Crippen MR) is 133 cm³/mol. The minimum Gasteiger partial charge on any atom is -0.390 e.